The molecule has 0 aliphatic rings. The van der Waals surface area contributed by atoms with Crippen molar-refractivity contribution in [2.24, 2.45) is 11.3 Å². The maximum absolute atomic E-state index is 5.90. The molecule has 1 nitrogen and oxygen atoms in total. The van der Waals surface area contributed by atoms with E-state index in [9.17, 15) is 0 Å². The van der Waals surface area contributed by atoms with Crippen LogP contribution in [0.4, 0.5) is 0 Å². The van der Waals surface area contributed by atoms with Crippen molar-refractivity contribution in [3.8, 4) is 0 Å². The van der Waals surface area contributed by atoms with Crippen molar-refractivity contribution in [1.82, 2.24) is 0 Å². The molecule has 0 radical (unpaired) electrons. The summed E-state index contributed by atoms with van der Waals surface area (Å²) in [6, 6.07) is 0. The lowest BCUT2D eigenvalue weighted by molar-refractivity contribution is -0.138. The number of rotatable bonds is 6. The Balaban J connectivity index is 5.02. The fourth-order valence-corrected chi connectivity index (χ4v) is 2.69. The topological polar surface area (TPSA) is 9.23 Å². The van der Waals surface area contributed by atoms with Crippen molar-refractivity contribution in [1.29, 1.82) is 0 Å². The zero-order chi connectivity index (χ0) is 11.4. The summed E-state index contributed by atoms with van der Waals surface area (Å²) in [6.07, 6.45) is 3.51. The average molecular weight is 200 g/mol. The van der Waals surface area contributed by atoms with Gasteiger partial charge in [0.2, 0.25) is 0 Å². The summed E-state index contributed by atoms with van der Waals surface area (Å²) in [5, 5.41) is 0. The monoisotopic (exact) mass is 200 g/mol. The molecule has 0 amide bonds. The van der Waals surface area contributed by atoms with Gasteiger partial charge >= 0.3 is 0 Å². The highest BCUT2D eigenvalue weighted by atomic mass is 16.5. The van der Waals surface area contributed by atoms with Crippen LogP contribution in [0.25, 0.3) is 0 Å². The van der Waals surface area contributed by atoms with Gasteiger partial charge in [-0.2, -0.15) is 0 Å². The summed E-state index contributed by atoms with van der Waals surface area (Å²) in [6.45, 7) is 13.7. The van der Waals surface area contributed by atoms with Gasteiger partial charge in [-0.15, -0.1) is 0 Å². The molecule has 0 N–H and O–H groups in total. The first-order chi connectivity index (χ1) is 6.38. The van der Waals surface area contributed by atoms with Crippen molar-refractivity contribution in [3.63, 3.8) is 0 Å². The normalized spacial score (nSPS) is 17.1. The molecule has 0 aromatic carbocycles. The van der Waals surface area contributed by atoms with E-state index in [0.717, 1.165) is 6.42 Å². The molecule has 0 saturated carbocycles. The highest BCUT2D eigenvalue weighted by molar-refractivity contribution is 4.96. The van der Waals surface area contributed by atoms with Gasteiger partial charge in [0, 0.05) is 7.11 Å². The lowest BCUT2D eigenvalue weighted by atomic mass is 9.65. The van der Waals surface area contributed by atoms with Crippen LogP contribution in [0.1, 0.15) is 60.8 Å². The summed E-state index contributed by atoms with van der Waals surface area (Å²) < 4.78 is 5.90. The molecule has 0 saturated heterocycles. The highest BCUT2D eigenvalue weighted by Crippen LogP contribution is 2.45. The van der Waals surface area contributed by atoms with Crippen molar-refractivity contribution in [2.45, 2.75) is 66.4 Å². The van der Waals surface area contributed by atoms with Gasteiger partial charge in [0.05, 0.1) is 5.60 Å². The minimum absolute atomic E-state index is 0.0382. The van der Waals surface area contributed by atoms with Crippen LogP contribution in [-0.4, -0.2) is 12.7 Å². The second-order valence-corrected chi connectivity index (χ2v) is 5.24. The first-order valence-corrected chi connectivity index (χ1v) is 5.93. The van der Waals surface area contributed by atoms with Gasteiger partial charge < -0.3 is 4.74 Å². The van der Waals surface area contributed by atoms with Crippen LogP contribution in [0.15, 0.2) is 0 Å². The van der Waals surface area contributed by atoms with Gasteiger partial charge in [0.1, 0.15) is 0 Å². The van der Waals surface area contributed by atoms with E-state index in [2.05, 4.69) is 41.5 Å². The van der Waals surface area contributed by atoms with Crippen LogP contribution in [0.3, 0.4) is 0 Å². The maximum atomic E-state index is 5.90. The fourth-order valence-electron chi connectivity index (χ4n) is 2.69. The highest BCUT2D eigenvalue weighted by Gasteiger charge is 2.45. The molecule has 1 unspecified atom stereocenters. The molecular formula is C13H28O. The molecule has 0 aromatic rings. The van der Waals surface area contributed by atoms with Crippen molar-refractivity contribution in [2.75, 3.05) is 7.11 Å². The Kier molecular flexibility index (Phi) is 5.14. The summed E-state index contributed by atoms with van der Waals surface area (Å²) in [7, 11) is 1.87. The Labute approximate surface area is 90.2 Å². The van der Waals surface area contributed by atoms with E-state index in [4.69, 9.17) is 4.74 Å². The molecule has 14 heavy (non-hydrogen) atoms. The zero-order valence-electron chi connectivity index (χ0n) is 11.1. The third kappa shape index (κ3) is 2.31. The molecule has 0 aliphatic heterocycles. The number of hydrogen-bond acceptors (Lipinski definition) is 1. The van der Waals surface area contributed by atoms with Gasteiger partial charge in [-0.1, -0.05) is 48.0 Å². The zero-order valence-corrected chi connectivity index (χ0v) is 11.1. The van der Waals surface area contributed by atoms with Gasteiger partial charge in [0.25, 0.3) is 0 Å². The maximum Gasteiger partial charge on any atom is 0.0751 e. The Morgan fingerprint density at radius 2 is 1.64 bits per heavy atom. The third-order valence-electron chi connectivity index (χ3n) is 3.95. The Morgan fingerprint density at radius 1 is 1.14 bits per heavy atom. The molecule has 0 spiro atoms. The molecule has 86 valence electrons. The van der Waals surface area contributed by atoms with Crippen LogP contribution in [-0.2, 0) is 4.74 Å². The van der Waals surface area contributed by atoms with E-state index < -0.39 is 0 Å². The van der Waals surface area contributed by atoms with Crippen LogP contribution < -0.4 is 0 Å². The quantitative estimate of drug-likeness (QED) is 0.622. The molecular weight excluding hydrogens is 172 g/mol. The first kappa shape index (κ1) is 14.0. The SMILES string of the molecule is CCCC(OC)(C(C)C)C(C)(C)CC. The lowest BCUT2D eigenvalue weighted by Crippen LogP contribution is -2.50. The van der Waals surface area contributed by atoms with Crippen LogP contribution in [0.5, 0.6) is 0 Å². The lowest BCUT2D eigenvalue weighted by Gasteiger charge is -2.48. The van der Waals surface area contributed by atoms with Crippen molar-refractivity contribution >= 4 is 0 Å². The fraction of sp³-hybridized carbons (Fsp3) is 1.00. The van der Waals surface area contributed by atoms with Gasteiger partial charge in [-0.25, -0.2) is 0 Å². The van der Waals surface area contributed by atoms with Crippen molar-refractivity contribution < 1.29 is 4.74 Å². The van der Waals surface area contributed by atoms with Crippen LogP contribution >= 0.6 is 0 Å². The molecule has 0 bridgehead atoms. The van der Waals surface area contributed by atoms with E-state index >= 15 is 0 Å². The molecule has 0 heterocycles. The summed E-state index contributed by atoms with van der Waals surface area (Å²) in [5.74, 6) is 0.572. The minimum Gasteiger partial charge on any atom is -0.377 e. The molecule has 1 atom stereocenters. The van der Waals surface area contributed by atoms with E-state index in [1.165, 1.54) is 12.8 Å². The average Bonchev–Trinajstić information content (AvgIpc) is 2.13. The van der Waals surface area contributed by atoms with E-state index in [1.54, 1.807) is 0 Å². The standard InChI is InChI=1S/C13H28O/c1-8-10-13(14-7,11(3)4)12(5,6)9-2/h11H,8-10H2,1-7H3. The molecule has 1 heteroatoms. The molecule has 0 rings (SSSR count). The molecule has 0 aromatic heterocycles. The number of methoxy groups -OCH3 is 1. The predicted octanol–water partition coefficient (Wildman–Crippen LogP) is 4.26. The molecule has 0 aliphatic carbocycles. The second kappa shape index (κ2) is 5.16. The van der Waals surface area contributed by atoms with E-state index in [-0.39, 0.29) is 11.0 Å². The van der Waals surface area contributed by atoms with E-state index in [1.807, 2.05) is 7.11 Å². The summed E-state index contributed by atoms with van der Waals surface area (Å²) in [5.41, 5.74) is 0.294. The number of ether oxygens (including phenoxy) is 1. The predicted molar refractivity (Wildman–Crippen MR) is 63.6 cm³/mol. The van der Waals surface area contributed by atoms with Crippen molar-refractivity contribution in [3.05, 3.63) is 0 Å². The third-order valence-corrected chi connectivity index (χ3v) is 3.95. The minimum atomic E-state index is 0.0382. The first-order valence-electron chi connectivity index (χ1n) is 5.93. The van der Waals surface area contributed by atoms with Gasteiger partial charge in [-0.05, 0) is 24.2 Å². The Bertz CT molecular complexity index is 161. The van der Waals surface area contributed by atoms with Gasteiger partial charge in [-0.3, -0.25) is 0 Å². The van der Waals surface area contributed by atoms with Crippen LogP contribution in [0.2, 0.25) is 0 Å². The Hall–Kier alpha value is -0.0400. The summed E-state index contributed by atoms with van der Waals surface area (Å²) >= 11 is 0. The Morgan fingerprint density at radius 3 is 1.86 bits per heavy atom. The summed E-state index contributed by atoms with van der Waals surface area (Å²) in [4.78, 5) is 0. The van der Waals surface area contributed by atoms with Crippen LogP contribution in [0, 0.1) is 11.3 Å². The van der Waals surface area contributed by atoms with Gasteiger partial charge in [0.15, 0.2) is 0 Å². The van der Waals surface area contributed by atoms with E-state index in [0.29, 0.717) is 5.92 Å². The largest absolute Gasteiger partial charge is 0.377 e. The molecule has 0 fully saturated rings. The second-order valence-electron chi connectivity index (χ2n) is 5.24. The number of hydrogen-bond donors (Lipinski definition) is 0. The smallest absolute Gasteiger partial charge is 0.0751 e.